The molecule has 0 spiro atoms. The summed E-state index contributed by atoms with van der Waals surface area (Å²) in [6.45, 7) is 0.867. The lowest BCUT2D eigenvalue weighted by molar-refractivity contribution is 0.595. The Morgan fingerprint density at radius 2 is 1.87 bits per heavy atom. The van der Waals surface area contributed by atoms with Gasteiger partial charge in [-0.3, -0.25) is 0 Å². The summed E-state index contributed by atoms with van der Waals surface area (Å²) in [5.41, 5.74) is 0.621. The van der Waals surface area contributed by atoms with Crippen molar-refractivity contribution in [2.45, 2.75) is 22.6 Å². The Bertz CT molecular complexity index is 947. The minimum atomic E-state index is -3.55. The third-order valence-electron chi connectivity index (χ3n) is 3.91. The van der Waals surface area contributed by atoms with E-state index in [0.29, 0.717) is 11.6 Å². The van der Waals surface area contributed by atoms with Gasteiger partial charge in [0.25, 0.3) is 0 Å². The van der Waals surface area contributed by atoms with E-state index in [9.17, 15) is 8.42 Å². The fourth-order valence-corrected chi connectivity index (χ4v) is 3.66. The van der Waals surface area contributed by atoms with E-state index < -0.39 is 9.84 Å². The highest BCUT2D eigenvalue weighted by Gasteiger charge is 2.22. The molecule has 0 aliphatic heterocycles. The average Bonchev–Trinajstić information content (AvgIpc) is 3.31. The maximum atomic E-state index is 12.6. The first-order valence-electron chi connectivity index (χ1n) is 7.53. The minimum Gasteiger partial charge on any atom is -0.353 e. The van der Waals surface area contributed by atoms with Crippen LogP contribution in [-0.4, -0.2) is 29.6 Å². The van der Waals surface area contributed by atoms with Crippen molar-refractivity contribution in [2.75, 3.05) is 11.9 Å². The third-order valence-corrected chi connectivity index (χ3v) is 5.67. The van der Waals surface area contributed by atoms with E-state index in [1.165, 1.54) is 23.6 Å². The molecule has 0 amide bonds. The molecule has 1 N–H and O–H groups in total. The second-order valence-electron chi connectivity index (χ2n) is 5.74. The summed E-state index contributed by atoms with van der Waals surface area (Å²) >= 11 is 0. The van der Waals surface area contributed by atoms with Gasteiger partial charge in [-0.25, -0.2) is 12.9 Å². The Hall–Kier alpha value is -2.41. The second kappa shape index (κ2) is 5.34. The number of aromatic nitrogens is 3. The normalized spacial score (nSPS) is 15.0. The molecule has 1 fully saturated rings. The number of hydrogen-bond donors (Lipinski definition) is 1. The zero-order chi connectivity index (χ0) is 15.9. The van der Waals surface area contributed by atoms with Gasteiger partial charge in [0, 0.05) is 6.54 Å². The molecule has 1 aromatic carbocycles. The lowest BCUT2D eigenvalue weighted by atomic mass is 10.4. The van der Waals surface area contributed by atoms with E-state index in [1.54, 1.807) is 42.5 Å². The SMILES string of the molecule is O=S(=O)(c1ccccc1)c1ccc2nc(NCC3CC3)nn2c1. The number of pyridine rings is 1. The molecule has 6 nitrogen and oxygen atoms in total. The topological polar surface area (TPSA) is 76.4 Å². The van der Waals surface area contributed by atoms with Gasteiger partial charge in [-0.2, -0.15) is 4.98 Å². The molecule has 2 aromatic heterocycles. The molecule has 1 aliphatic rings. The Kier molecular flexibility index (Phi) is 3.30. The van der Waals surface area contributed by atoms with Gasteiger partial charge in [0.1, 0.15) is 0 Å². The number of anilines is 1. The van der Waals surface area contributed by atoms with Crippen LogP contribution in [0.15, 0.2) is 58.5 Å². The summed E-state index contributed by atoms with van der Waals surface area (Å²) in [7, 11) is -3.55. The van der Waals surface area contributed by atoms with Crippen LogP contribution >= 0.6 is 0 Å². The van der Waals surface area contributed by atoms with E-state index in [2.05, 4.69) is 15.4 Å². The maximum absolute atomic E-state index is 12.6. The largest absolute Gasteiger partial charge is 0.353 e. The van der Waals surface area contributed by atoms with Crippen molar-refractivity contribution in [2.24, 2.45) is 5.92 Å². The van der Waals surface area contributed by atoms with Crippen molar-refractivity contribution in [3.05, 3.63) is 48.7 Å². The highest BCUT2D eigenvalue weighted by atomic mass is 32.2. The molecule has 2 heterocycles. The van der Waals surface area contributed by atoms with E-state index in [-0.39, 0.29) is 9.79 Å². The number of sulfone groups is 1. The number of rotatable bonds is 5. The number of benzene rings is 1. The fraction of sp³-hybridized carbons (Fsp3) is 0.250. The average molecular weight is 328 g/mol. The van der Waals surface area contributed by atoms with Crippen LogP contribution in [0.1, 0.15) is 12.8 Å². The van der Waals surface area contributed by atoms with Gasteiger partial charge in [-0.1, -0.05) is 18.2 Å². The fourth-order valence-electron chi connectivity index (χ4n) is 2.39. The molecule has 1 aliphatic carbocycles. The Morgan fingerprint density at radius 1 is 1.09 bits per heavy atom. The second-order valence-corrected chi connectivity index (χ2v) is 7.69. The third kappa shape index (κ3) is 2.79. The van der Waals surface area contributed by atoms with Gasteiger partial charge >= 0.3 is 0 Å². The van der Waals surface area contributed by atoms with E-state index in [4.69, 9.17) is 0 Å². The zero-order valence-electron chi connectivity index (χ0n) is 12.4. The molecule has 23 heavy (non-hydrogen) atoms. The van der Waals surface area contributed by atoms with Crippen molar-refractivity contribution in [3.63, 3.8) is 0 Å². The van der Waals surface area contributed by atoms with Crippen molar-refractivity contribution in [3.8, 4) is 0 Å². The summed E-state index contributed by atoms with van der Waals surface area (Å²) in [6, 6.07) is 11.6. The van der Waals surface area contributed by atoms with Crippen molar-refractivity contribution >= 4 is 21.4 Å². The van der Waals surface area contributed by atoms with Gasteiger partial charge in [-0.15, -0.1) is 5.10 Å². The maximum Gasteiger partial charge on any atom is 0.243 e. The first-order valence-corrected chi connectivity index (χ1v) is 9.02. The van der Waals surface area contributed by atoms with Crippen LogP contribution in [0.3, 0.4) is 0 Å². The number of hydrogen-bond acceptors (Lipinski definition) is 5. The molecule has 0 bridgehead atoms. The molecular weight excluding hydrogens is 312 g/mol. The van der Waals surface area contributed by atoms with Gasteiger partial charge < -0.3 is 5.32 Å². The van der Waals surface area contributed by atoms with E-state index in [0.717, 1.165) is 12.5 Å². The first-order chi connectivity index (χ1) is 11.1. The molecule has 118 valence electrons. The lowest BCUT2D eigenvalue weighted by Crippen LogP contribution is -2.05. The van der Waals surface area contributed by atoms with Crippen LogP contribution in [0.5, 0.6) is 0 Å². The van der Waals surface area contributed by atoms with Crippen molar-refractivity contribution in [1.29, 1.82) is 0 Å². The summed E-state index contributed by atoms with van der Waals surface area (Å²) in [4.78, 5) is 4.83. The van der Waals surface area contributed by atoms with Crippen LogP contribution in [0.25, 0.3) is 5.65 Å². The van der Waals surface area contributed by atoms with Gasteiger partial charge in [0.15, 0.2) is 5.65 Å². The highest BCUT2D eigenvalue weighted by molar-refractivity contribution is 7.91. The summed E-state index contributed by atoms with van der Waals surface area (Å²) in [5, 5.41) is 7.50. The molecule has 3 aromatic rings. The van der Waals surface area contributed by atoms with Crippen LogP contribution in [0.4, 0.5) is 5.95 Å². The standard InChI is InChI=1S/C16H16N4O2S/c21-23(22,13-4-2-1-3-5-13)14-8-9-15-18-16(19-20(15)11-14)17-10-12-6-7-12/h1-5,8-9,11-12H,6-7,10H2,(H,17,19). The van der Waals surface area contributed by atoms with Crippen LogP contribution < -0.4 is 5.32 Å². The Labute approximate surface area is 134 Å². The predicted octanol–water partition coefficient (Wildman–Crippen LogP) is 2.38. The Morgan fingerprint density at radius 3 is 2.61 bits per heavy atom. The summed E-state index contributed by atoms with van der Waals surface area (Å²) in [6.07, 6.45) is 4.01. The van der Waals surface area contributed by atoms with Crippen molar-refractivity contribution in [1.82, 2.24) is 14.6 Å². The lowest BCUT2D eigenvalue weighted by Gasteiger charge is -2.04. The Balaban J connectivity index is 1.68. The van der Waals surface area contributed by atoms with E-state index in [1.807, 2.05) is 0 Å². The summed E-state index contributed by atoms with van der Waals surface area (Å²) in [5.74, 6) is 1.25. The van der Waals surface area contributed by atoms with Crippen molar-refractivity contribution < 1.29 is 8.42 Å². The van der Waals surface area contributed by atoms with Crippen LogP contribution in [0, 0.1) is 5.92 Å². The van der Waals surface area contributed by atoms with Crippen LogP contribution in [0.2, 0.25) is 0 Å². The molecule has 0 saturated heterocycles. The van der Waals surface area contributed by atoms with Crippen LogP contribution in [-0.2, 0) is 9.84 Å². The van der Waals surface area contributed by atoms with E-state index >= 15 is 0 Å². The molecular formula is C16H16N4O2S. The zero-order valence-corrected chi connectivity index (χ0v) is 13.2. The summed E-state index contributed by atoms with van der Waals surface area (Å²) < 4.78 is 26.8. The van der Waals surface area contributed by atoms with Gasteiger partial charge in [0.05, 0.1) is 16.0 Å². The minimum absolute atomic E-state index is 0.204. The smallest absolute Gasteiger partial charge is 0.243 e. The molecule has 0 unspecified atom stereocenters. The molecule has 4 rings (SSSR count). The molecule has 7 heteroatoms. The van der Waals surface area contributed by atoms with Gasteiger partial charge in [-0.05, 0) is 43.0 Å². The monoisotopic (exact) mass is 328 g/mol. The molecule has 1 saturated carbocycles. The molecule has 0 atom stereocenters. The van der Waals surface area contributed by atoms with Gasteiger partial charge in [0.2, 0.25) is 15.8 Å². The number of nitrogens with zero attached hydrogens (tertiary/aromatic N) is 3. The molecule has 0 radical (unpaired) electrons. The predicted molar refractivity (Wildman–Crippen MR) is 86.1 cm³/mol. The highest BCUT2D eigenvalue weighted by Crippen LogP contribution is 2.28. The number of fused-ring (bicyclic) bond motifs is 1. The first kappa shape index (κ1) is 14.2. The number of nitrogens with one attached hydrogen (secondary N) is 1. The quantitative estimate of drug-likeness (QED) is 0.778.